The predicted octanol–water partition coefficient (Wildman–Crippen LogP) is 2.71. The molecule has 0 radical (unpaired) electrons. The van der Waals surface area contributed by atoms with E-state index < -0.39 is 0 Å². The van der Waals surface area contributed by atoms with Crippen LogP contribution in [-0.4, -0.2) is 29.9 Å². The first-order valence-corrected chi connectivity index (χ1v) is 7.54. The van der Waals surface area contributed by atoms with E-state index >= 15 is 0 Å². The predicted molar refractivity (Wildman–Crippen MR) is 74.3 cm³/mol. The van der Waals surface area contributed by atoms with Crippen molar-refractivity contribution in [2.45, 2.75) is 25.8 Å². The molecule has 1 fully saturated rings. The molecule has 94 valence electrons. The second-order valence-electron chi connectivity index (χ2n) is 4.65. The van der Waals surface area contributed by atoms with Crippen molar-refractivity contribution >= 4 is 33.2 Å². The molecule has 0 spiro atoms. The summed E-state index contributed by atoms with van der Waals surface area (Å²) >= 11 is 4.87. The number of hydrogen-bond donors (Lipinski definition) is 1. The molecule has 2 atom stereocenters. The van der Waals surface area contributed by atoms with Crippen LogP contribution in [0.3, 0.4) is 0 Å². The number of nitrogens with two attached hydrogens (primary N) is 1. The van der Waals surface area contributed by atoms with Crippen LogP contribution in [0.2, 0.25) is 0 Å². The second-order valence-corrected chi connectivity index (χ2v) is 6.47. The maximum absolute atomic E-state index is 12.3. The zero-order chi connectivity index (χ0) is 12.4. The number of carbonyl (C=O) groups excluding carboxylic acids is 1. The summed E-state index contributed by atoms with van der Waals surface area (Å²) in [7, 11) is 0. The number of nitrogens with zero attached hydrogens (tertiary/aromatic N) is 1. The standard InChI is InChI=1S/C12H17BrN2OS/c1-8-2-3-15(10(4-8)6-14)12(16)11-5-9(13)7-17-11/h5,7-8,10H,2-4,6,14H2,1H3. The Morgan fingerprint density at radius 1 is 1.71 bits per heavy atom. The number of thiophene rings is 1. The van der Waals surface area contributed by atoms with Gasteiger partial charge in [-0.25, -0.2) is 0 Å². The number of hydrogen-bond acceptors (Lipinski definition) is 3. The minimum Gasteiger partial charge on any atom is -0.334 e. The fraction of sp³-hybridized carbons (Fsp3) is 0.583. The Hall–Kier alpha value is -0.390. The van der Waals surface area contributed by atoms with E-state index in [1.807, 2.05) is 16.3 Å². The molecule has 3 nitrogen and oxygen atoms in total. The smallest absolute Gasteiger partial charge is 0.264 e. The van der Waals surface area contributed by atoms with Gasteiger partial charge in [-0.05, 0) is 40.8 Å². The minimum atomic E-state index is 0.128. The number of halogens is 1. The minimum absolute atomic E-state index is 0.128. The Bertz CT molecular complexity index is 407. The van der Waals surface area contributed by atoms with Crippen LogP contribution in [0.5, 0.6) is 0 Å². The molecule has 1 amide bonds. The average Bonchev–Trinajstić information content (AvgIpc) is 2.75. The average molecular weight is 317 g/mol. The quantitative estimate of drug-likeness (QED) is 0.911. The van der Waals surface area contributed by atoms with Crippen LogP contribution in [0.4, 0.5) is 0 Å². The summed E-state index contributed by atoms with van der Waals surface area (Å²) in [4.78, 5) is 15.1. The lowest BCUT2D eigenvalue weighted by Gasteiger charge is -2.37. The number of rotatable bonds is 2. The van der Waals surface area contributed by atoms with Crippen LogP contribution in [-0.2, 0) is 0 Å². The van der Waals surface area contributed by atoms with E-state index in [9.17, 15) is 4.79 Å². The third-order valence-electron chi connectivity index (χ3n) is 3.29. The van der Waals surface area contributed by atoms with Gasteiger partial charge in [-0.2, -0.15) is 0 Å². The Morgan fingerprint density at radius 2 is 2.47 bits per heavy atom. The molecule has 2 unspecified atom stereocenters. The summed E-state index contributed by atoms with van der Waals surface area (Å²) in [6.07, 6.45) is 2.10. The Balaban J connectivity index is 2.13. The van der Waals surface area contributed by atoms with Gasteiger partial charge in [-0.1, -0.05) is 6.92 Å². The lowest BCUT2D eigenvalue weighted by molar-refractivity contribution is 0.0578. The van der Waals surface area contributed by atoms with E-state index in [1.165, 1.54) is 11.3 Å². The van der Waals surface area contributed by atoms with Gasteiger partial charge in [0.1, 0.15) is 0 Å². The molecule has 1 aliphatic rings. The Morgan fingerprint density at radius 3 is 3.06 bits per heavy atom. The van der Waals surface area contributed by atoms with E-state index in [2.05, 4.69) is 22.9 Å². The molecular weight excluding hydrogens is 300 g/mol. The molecule has 0 aliphatic carbocycles. The van der Waals surface area contributed by atoms with Gasteiger partial charge >= 0.3 is 0 Å². The van der Waals surface area contributed by atoms with Crippen molar-refractivity contribution in [1.82, 2.24) is 4.90 Å². The molecule has 0 bridgehead atoms. The van der Waals surface area contributed by atoms with E-state index in [0.29, 0.717) is 12.5 Å². The molecule has 5 heteroatoms. The fourth-order valence-electron chi connectivity index (χ4n) is 2.31. The van der Waals surface area contributed by atoms with Gasteiger partial charge in [-0.15, -0.1) is 11.3 Å². The second kappa shape index (κ2) is 5.50. The Labute approximate surface area is 114 Å². The third-order valence-corrected chi connectivity index (χ3v) is 4.97. The van der Waals surface area contributed by atoms with Crippen molar-refractivity contribution in [2.24, 2.45) is 11.7 Å². The highest BCUT2D eigenvalue weighted by Crippen LogP contribution is 2.26. The molecule has 1 aliphatic heterocycles. The first-order chi connectivity index (χ1) is 8.11. The van der Waals surface area contributed by atoms with Crippen LogP contribution in [0.25, 0.3) is 0 Å². The molecule has 0 saturated carbocycles. The van der Waals surface area contributed by atoms with Crippen molar-refractivity contribution in [2.75, 3.05) is 13.1 Å². The lowest BCUT2D eigenvalue weighted by Crippen LogP contribution is -2.49. The van der Waals surface area contributed by atoms with Crippen LogP contribution in [0.1, 0.15) is 29.4 Å². The largest absolute Gasteiger partial charge is 0.334 e. The van der Waals surface area contributed by atoms with E-state index in [4.69, 9.17) is 5.73 Å². The third kappa shape index (κ3) is 2.89. The van der Waals surface area contributed by atoms with Crippen molar-refractivity contribution in [3.05, 3.63) is 20.8 Å². The van der Waals surface area contributed by atoms with Gasteiger partial charge in [0, 0.05) is 29.0 Å². The van der Waals surface area contributed by atoms with Gasteiger partial charge in [0.05, 0.1) is 4.88 Å². The summed E-state index contributed by atoms with van der Waals surface area (Å²) < 4.78 is 0.973. The van der Waals surface area contributed by atoms with E-state index in [-0.39, 0.29) is 11.9 Å². The zero-order valence-electron chi connectivity index (χ0n) is 9.86. The maximum atomic E-state index is 12.3. The molecule has 2 heterocycles. The summed E-state index contributed by atoms with van der Waals surface area (Å²) in [6.45, 7) is 3.62. The first-order valence-electron chi connectivity index (χ1n) is 5.87. The molecule has 1 saturated heterocycles. The molecule has 17 heavy (non-hydrogen) atoms. The van der Waals surface area contributed by atoms with Gasteiger partial charge in [0.15, 0.2) is 0 Å². The molecule has 2 N–H and O–H groups in total. The summed E-state index contributed by atoms with van der Waals surface area (Å²) in [5, 5.41) is 1.94. The van der Waals surface area contributed by atoms with Gasteiger partial charge in [-0.3, -0.25) is 4.79 Å². The van der Waals surface area contributed by atoms with Gasteiger partial charge < -0.3 is 10.6 Å². The van der Waals surface area contributed by atoms with Crippen molar-refractivity contribution < 1.29 is 4.79 Å². The summed E-state index contributed by atoms with van der Waals surface area (Å²) in [5.74, 6) is 0.797. The summed E-state index contributed by atoms with van der Waals surface area (Å²) in [5.41, 5.74) is 5.78. The number of carbonyl (C=O) groups is 1. The SMILES string of the molecule is CC1CCN(C(=O)c2cc(Br)cs2)C(CN)C1. The van der Waals surface area contributed by atoms with Crippen LogP contribution >= 0.6 is 27.3 Å². The normalized spacial score (nSPS) is 25.0. The maximum Gasteiger partial charge on any atom is 0.264 e. The van der Waals surface area contributed by atoms with Crippen LogP contribution in [0.15, 0.2) is 15.9 Å². The highest BCUT2D eigenvalue weighted by Gasteiger charge is 2.29. The molecule has 2 rings (SSSR count). The highest BCUT2D eigenvalue weighted by atomic mass is 79.9. The first kappa shape index (κ1) is 13.1. The van der Waals surface area contributed by atoms with Crippen molar-refractivity contribution in [1.29, 1.82) is 0 Å². The summed E-state index contributed by atoms with van der Waals surface area (Å²) in [6, 6.07) is 2.09. The van der Waals surface area contributed by atoms with Crippen LogP contribution in [0, 0.1) is 5.92 Å². The van der Waals surface area contributed by atoms with E-state index in [0.717, 1.165) is 28.7 Å². The Kier molecular flexibility index (Phi) is 4.22. The number of likely N-dealkylation sites (tertiary alicyclic amines) is 1. The zero-order valence-corrected chi connectivity index (χ0v) is 12.3. The fourth-order valence-corrected chi connectivity index (χ4v) is 3.69. The van der Waals surface area contributed by atoms with E-state index in [1.54, 1.807) is 0 Å². The van der Waals surface area contributed by atoms with Crippen molar-refractivity contribution in [3.63, 3.8) is 0 Å². The monoisotopic (exact) mass is 316 g/mol. The van der Waals surface area contributed by atoms with Gasteiger partial charge in [0.2, 0.25) is 0 Å². The molecular formula is C12H17BrN2OS. The van der Waals surface area contributed by atoms with Crippen LogP contribution < -0.4 is 5.73 Å². The number of piperidine rings is 1. The number of amides is 1. The molecule has 1 aromatic rings. The van der Waals surface area contributed by atoms with Gasteiger partial charge in [0.25, 0.3) is 5.91 Å². The molecule has 0 aromatic carbocycles. The topological polar surface area (TPSA) is 46.3 Å². The highest BCUT2D eigenvalue weighted by molar-refractivity contribution is 9.10. The van der Waals surface area contributed by atoms with Crippen molar-refractivity contribution in [3.8, 4) is 0 Å². The lowest BCUT2D eigenvalue weighted by atomic mass is 9.92. The molecule has 1 aromatic heterocycles.